The monoisotopic (exact) mass is 469 g/mol. The van der Waals surface area contributed by atoms with Crippen molar-refractivity contribution in [1.29, 1.82) is 0 Å². The summed E-state index contributed by atoms with van der Waals surface area (Å²) in [4.78, 5) is 23.8. The van der Waals surface area contributed by atoms with Gasteiger partial charge in [0.05, 0.1) is 5.75 Å². The summed E-state index contributed by atoms with van der Waals surface area (Å²) in [5.74, 6) is -1.34. The Morgan fingerprint density at radius 1 is 1.10 bits per heavy atom. The Bertz CT molecular complexity index is 1070. The van der Waals surface area contributed by atoms with E-state index in [1.807, 2.05) is 0 Å². The van der Waals surface area contributed by atoms with E-state index in [1.54, 1.807) is 30.3 Å². The number of sulfonamides is 1. The van der Waals surface area contributed by atoms with Crippen LogP contribution < -0.4 is 11.1 Å². The van der Waals surface area contributed by atoms with Crippen LogP contribution in [0.15, 0.2) is 42.5 Å². The molecule has 2 amide bonds. The molecule has 0 bridgehead atoms. The molecule has 160 valence electrons. The molecule has 7 nitrogen and oxygen atoms in total. The first-order valence-electron chi connectivity index (χ1n) is 9.28. The van der Waals surface area contributed by atoms with Crippen molar-refractivity contribution < 1.29 is 18.0 Å². The Balaban J connectivity index is 1.59. The minimum atomic E-state index is -3.57. The van der Waals surface area contributed by atoms with Gasteiger partial charge < -0.3 is 11.1 Å². The maximum absolute atomic E-state index is 12.8. The van der Waals surface area contributed by atoms with Gasteiger partial charge in [0.25, 0.3) is 0 Å². The quantitative estimate of drug-likeness (QED) is 0.675. The summed E-state index contributed by atoms with van der Waals surface area (Å²) in [6.45, 7) is 0.486. The Kier molecular flexibility index (Phi) is 7.02. The number of hydrogen-bond acceptors (Lipinski definition) is 4. The van der Waals surface area contributed by atoms with Gasteiger partial charge in [-0.25, -0.2) is 12.7 Å². The van der Waals surface area contributed by atoms with E-state index in [4.69, 9.17) is 28.9 Å². The van der Waals surface area contributed by atoms with E-state index >= 15 is 0 Å². The van der Waals surface area contributed by atoms with Gasteiger partial charge in [-0.2, -0.15) is 0 Å². The lowest BCUT2D eigenvalue weighted by atomic mass is 9.97. The molecule has 3 rings (SSSR count). The summed E-state index contributed by atoms with van der Waals surface area (Å²) in [5.41, 5.74) is 6.51. The van der Waals surface area contributed by atoms with Crippen molar-refractivity contribution in [2.24, 2.45) is 11.7 Å². The molecule has 0 spiro atoms. The van der Waals surface area contributed by atoms with Crippen molar-refractivity contribution in [2.75, 3.05) is 18.4 Å². The molecule has 0 saturated carbocycles. The van der Waals surface area contributed by atoms with Gasteiger partial charge in [-0.3, -0.25) is 9.59 Å². The van der Waals surface area contributed by atoms with Crippen molar-refractivity contribution >= 4 is 50.7 Å². The number of nitrogens with two attached hydrogens (primary N) is 1. The molecule has 30 heavy (non-hydrogen) atoms. The van der Waals surface area contributed by atoms with Crippen LogP contribution in [-0.2, 0) is 20.6 Å². The van der Waals surface area contributed by atoms with E-state index in [2.05, 4.69) is 5.32 Å². The topological polar surface area (TPSA) is 110 Å². The van der Waals surface area contributed by atoms with E-state index < -0.39 is 15.9 Å². The predicted octanol–water partition coefficient (Wildman–Crippen LogP) is 3.27. The van der Waals surface area contributed by atoms with E-state index in [0.29, 0.717) is 39.7 Å². The molecule has 0 aliphatic carbocycles. The minimum Gasteiger partial charge on any atom is -0.366 e. The molecule has 0 atom stereocenters. The van der Waals surface area contributed by atoms with Crippen LogP contribution in [0.25, 0.3) is 0 Å². The Labute approximate surface area is 185 Å². The van der Waals surface area contributed by atoms with Gasteiger partial charge in [-0.15, -0.1) is 0 Å². The minimum absolute atomic E-state index is 0.214. The van der Waals surface area contributed by atoms with Gasteiger partial charge in [0.1, 0.15) is 0 Å². The molecule has 2 aromatic rings. The highest BCUT2D eigenvalue weighted by Gasteiger charge is 2.31. The Hall–Kier alpha value is -2.13. The zero-order chi connectivity index (χ0) is 21.9. The zero-order valence-corrected chi connectivity index (χ0v) is 18.3. The molecule has 1 saturated heterocycles. The van der Waals surface area contributed by atoms with Gasteiger partial charge in [-0.1, -0.05) is 35.3 Å². The molecule has 3 N–H and O–H groups in total. The van der Waals surface area contributed by atoms with E-state index in [9.17, 15) is 18.0 Å². The largest absolute Gasteiger partial charge is 0.366 e. The smallest absolute Gasteiger partial charge is 0.248 e. The maximum Gasteiger partial charge on any atom is 0.248 e. The molecule has 1 aliphatic heterocycles. The summed E-state index contributed by atoms with van der Waals surface area (Å²) in [6.07, 6.45) is 0.795. The second kappa shape index (κ2) is 9.34. The second-order valence-electron chi connectivity index (χ2n) is 7.10. The van der Waals surface area contributed by atoms with E-state index in [-0.39, 0.29) is 30.7 Å². The molecule has 1 aliphatic rings. The highest BCUT2D eigenvalue weighted by atomic mass is 35.5. The van der Waals surface area contributed by atoms with Crippen molar-refractivity contribution in [3.63, 3.8) is 0 Å². The molecule has 0 aromatic heterocycles. The SMILES string of the molecule is NC(=O)c1cccc(NC(=O)C2CCN(S(=O)(=O)Cc3ccc(Cl)cc3Cl)CC2)c1. The number of halogens is 2. The van der Waals surface area contributed by atoms with Gasteiger partial charge in [0.15, 0.2) is 0 Å². The number of rotatable bonds is 6. The standard InChI is InChI=1S/C20H21Cl2N3O4S/c21-16-5-4-15(18(22)11-16)12-30(28,29)25-8-6-13(7-9-25)20(27)24-17-3-1-2-14(10-17)19(23)26/h1-5,10-11,13H,6-9,12H2,(H2,23,26)(H,24,27). The Morgan fingerprint density at radius 2 is 1.80 bits per heavy atom. The number of benzene rings is 2. The van der Waals surface area contributed by atoms with Gasteiger partial charge in [-0.05, 0) is 48.7 Å². The molecule has 0 radical (unpaired) electrons. The highest BCUT2D eigenvalue weighted by molar-refractivity contribution is 7.88. The van der Waals surface area contributed by atoms with Gasteiger partial charge in [0, 0.05) is 40.3 Å². The van der Waals surface area contributed by atoms with Crippen LogP contribution in [0.2, 0.25) is 10.0 Å². The number of anilines is 1. The molecular formula is C20H21Cl2N3O4S. The lowest BCUT2D eigenvalue weighted by Gasteiger charge is -2.30. The molecule has 1 heterocycles. The molecule has 2 aromatic carbocycles. The van der Waals surface area contributed by atoms with E-state index in [0.717, 1.165) is 0 Å². The van der Waals surface area contributed by atoms with Gasteiger partial charge >= 0.3 is 0 Å². The fourth-order valence-electron chi connectivity index (χ4n) is 3.32. The average Bonchev–Trinajstić information content (AvgIpc) is 2.70. The molecule has 1 fully saturated rings. The van der Waals surface area contributed by atoms with E-state index in [1.165, 1.54) is 16.4 Å². The van der Waals surface area contributed by atoms with Crippen molar-refractivity contribution in [3.05, 3.63) is 63.6 Å². The van der Waals surface area contributed by atoms with Crippen LogP contribution in [-0.4, -0.2) is 37.6 Å². The number of amides is 2. The summed E-state index contributed by atoms with van der Waals surface area (Å²) in [7, 11) is -3.57. The normalized spacial score (nSPS) is 15.7. The van der Waals surface area contributed by atoms with Crippen LogP contribution in [0.1, 0.15) is 28.8 Å². The highest BCUT2D eigenvalue weighted by Crippen LogP contribution is 2.27. The summed E-state index contributed by atoms with van der Waals surface area (Å²) in [5, 5.41) is 3.51. The molecule has 0 unspecified atom stereocenters. The first kappa shape index (κ1) is 22.6. The number of nitrogens with one attached hydrogen (secondary N) is 1. The number of carbonyl (C=O) groups excluding carboxylic acids is 2. The third-order valence-corrected chi connectivity index (χ3v) is 7.40. The van der Waals surface area contributed by atoms with Crippen LogP contribution in [0.4, 0.5) is 5.69 Å². The summed E-state index contributed by atoms with van der Waals surface area (Å²) < 4.78 is 26.9. The number of primary amides is 1. The van der Waals surface area contributed by atoms with Crippen LogP contribution in [0.5, 0.6) is 0 Å². The lowest BCUT2D eigenvalue weighted by molar-refractivity contribution is -0.120. The van der Waals surface area contributed by atoms with Crippen LogP contribution in [0.3, 0.4) is 0 Å². The molecule has 10 heteroatoms. The first-order valence-corrected chi connectivity index (χ1v) is 11.6. The molecular weight excluding hydrogens is 449 g/mol. The summed E-state index contributed by atoms with van der Waals surface area (Å²) >= 11 is 12.0. The predicted molar refractivity (Wildman–Crippen MR) is 117 cm³/mol. The van der Waals surface area contributed by atoms with Crippen molar-refractivity contribution in [3.8, 4) is 0 Å². The van der Waals surface area contributed by atoms with Crippen LogP contribution >= 0.6 is 23.2 Å². The van der Waals surface area contributed by atoms with Crippen molar-refractivity contribution in [1.82, 2.24) is 4.31 Å². The fourth-order valence-corrected chi connectivity index (χ4v) is 5.47. The van der Waals surface area contributed by atoms with Gasteiger partial charge in [0.2, 0.25) is 21.8 Å². The Morgan fingerprint density at radius 3 is 2.43 bits per heavy atom. The fraction of sp³-hybridized carbons (Fsp3) is 0.300. The summed E-state index contributed by atoms with van der Waals surface area (Å²) in [6, 6.07) is 11.1. The number of nitrogens with zero attached hydrogens (tertiary/aromatic N) is 1. The number of hydrogen-bond donors (Lipinski definition) is 2. The number of piperidine rings is 1. The maximum atomic E-state index is 12.8. The van der Waals surface area contributed by atoms with Crippen LogP contribution in [0, 0.1) is 5.92 Å². The second-order valence-corrected chi connectivity index (χ2v) is 9.91. The first-order chi connectivity index (χ1) is 14.2. The third kappa shape index (κ3) is 5.51. The third-order valence-electron chi connectivity index (χ3n) is 4.99. The lowest BCUT2D eigenvalue weighted by Crippen LogP contribution is -2.41. The van der Waals surface area contributed by atoms with Crippen molar-refractivity contribution in [2.45, 2.75) is 18.6 Å². The average molecular weight is 470 g/mol. The zero-order valence-electron chi connectivity index (χ0n) is 16.0. The number of carbonyl (C=O) groups is 2.